The first-order chi connectivity index (χ1) is 21.0. The number of aliphatic imine (C=N–C) groups is 1. The Balaban J connectivity index is 1.36. The van der Waals surface area contributed by atoms with E-state index in [0.717, 1.165) is 50.2 Å². The van der Waals surface area contributed by atoms with Crippen LogP contribution in [0.5, 0.6) is 0 Å². The minimum Gasteiger partial charge on any atom is -0.480 e. The maximum atomic E-state index is 13.4. The molecule has 0 spiro atoms. The van der Waals surface area contributed by atoms with Crippen LogP contribution in [0.2, 0.25) is 18.1 Å². The Morgan fingerprint density at radius 3 is 2.42 bits per heavy atom. The van der Waals surface area contributed by atoms with Gasteiger partial charge in [0, 0.05) is 45.3 Å². The van der Waals surface area contributed by atoms with Gasteiger partial charge in [0.2, 0.25) is 5.90 Å². The normalized spacial score (nSPS) is 20.4. The summed E-state index contributed by atoms with van der Waals surface area (Å²) in [5.41, 5.74) is 3.67. The van der Waals surface area contributed by atoms with Crippen LogP contribution in [0.15, 0.2) is 11.1 Å². The van der Waals surface area contributed by atoms with E-state index in [4.69, 9.17) is 29.3 Å². The molecule has 1 amide bonds. The molecule has 0 aromatic carbocycles. The highest BCUT2D eigenvalue weighted by molar-refractivity contribution is 6.74. The lowest BCUT2D eigenvalue weighted by molar-refractivity contribution is -0.148. The van der Waals surface area contributed by atoms with Crippen LogP contribution in [0, 0.1) is 17.7 Å². The van der Waals surface area contributed by atoms with E-state index in [-0.39, 0.29) is 41.0 Å². The molecule has 2 fully saturated rings. The van der Waals surface area contributed by atoms with Gasteiger partial charge in [0.05, 0.1) is 37.5 Å². The molecule has 1 saturated heterocycles. The van der Waals surface area contributed by atoms with Crippen molar-refractivity contribution in [2.45, 2.75) is 104 Å². The van der Waals surface area contributed by atoms with Gasteiger partial charge in [0.1, 0.15) is 11.4 Å². The number of pyridine rings is 1. The number of amides is 1. The summed E-state index contributed by atoms with van der Waals surface area (Å²) in [6.45, 7) is 21.4. The SMILES string of the molecule is COC(=N)/C(CN1CC(O[Si](C)(C)C(C)(C)C)C1)=N\C(C)[C@@H](C)NC(=O)c1cc(C)c2c(n1)CN(CC1(C(=O)OC)CC1)CC2. The maximum absolute atomic E-state index is 13.4. The summed E-state index contributed by atoms with van der Waals surface area (Å²) < 4.78 is 16.8. The molecular formula is C33H54N6O5Si. The van der Waals surface area contributed by atoms with Crippen molar-refractivity contribution in [1.82, 2.24) is 20.1 Å². The molecule has 0 bridgehead atoms. The van der Waals surface area contributed by atoms with Gasteiger partial charge < -0.3 is 19.2 Å². The van der Waals surface area contributed by atoms with Crippen LogP contribution in [-0.2, 0) is 31.7 Å². The maximum Gasteiger partial charge on any atom is 0.313 e. The van der Waals surface area contributed by atoms with Gasteiger partial charge in [-0.15, -0.1) is 0 Å². The fraction of sp³-hybridized carbons (Fsp3) is 0.727. The Hall–Kier alpha value is -2.67. The van der Waals surface area contributed by atoms with Crippen LogP contribution in [-0.4, -0.2) is 112 Å². The minimum absolute atomic E-state index is 0.0332. The summed E-state index contributed by atoms with van der Waals surface area (Å²) in [6.07, 6.45) is 2.74. The molecule has 1 aromatic rings. The second kappa shape index (κ2) is 13.6. The number of carbonyl (C=O) groups excluding carboxylic acids is 2. The number of aromatic nitrogens is 1. The zero-order chi connectivity index (χ0) is 33.3. The Morgan fingerprint density at radius 1 is 1.18 bits per heavy atom. The summed E-state index contributed by atoms with van der Waals surface area (Å²) in [5, 5.41) is 11.6. The van der Waals surface area contributed by atoms with Crippen LogP contribution in [0.3, 0.4) is 0 Å². The predicted molar refractivity (Wildman–Crippen MR) is 179 cm³/mol. The highest BCUT2D eigenvalue weighted by Crippen LogP contribution is 2.47. The van der Waals surface area contributed by atoms with Gasteiger partial charge in [-0.3, -0.25) is 29.8 Å². The number of rotatable bonds is 12. The molecular weight excluding hydrogens is 588 g/mol. The average Bonchev–Trinajstić information content (AvgIpc) is 3.73. The van der Waals surface area contributed by atoms with E-state index in [2.05, 4.69) is 49.0 Å². The van der Waals surface area contributed by atoms with E-state index in [1.807, 2.05) is 26.8 Å². The average molecular weight is 643 g/mol. The fourth-order valence-electron chi connectivity index (χ4n) is 5.85. The Morgan fingerprint density at radius 2 is 1.84 bits per heavy atom. The largest absolute Gasteiger partial charge is 0.480 e. The molecule has 3 aliphatic rings. The van der Waals surface area contributed by atoms with Crippen molar-refractivity contribution in [3.05, 3.63) is 28.6 Å². The molecule has 2 atom stereocenters. The molecule has 2 aliphatic heterocycles. The lowest BCUT2D eigenvalue weighted by atomic mass is 9.97. The van der Waals surface area contributed by atoms with Crippen molar-refractivity contribution >= 4 is 31.8 Å². The number of nitrogens with zero attached hydrogens (tertiary/aromatic N) is 4. The number of ether oxygens (including phenoxy) is 2. The third-order valence-corrected chi connectivity index (χ3v) is 14.7. The Labute approximate surface area is 270 Å². The molecule has 1 unspecified atom stereocenters. The van der Waals surface area contributed by atoms with E-state index < -0.39 is 13.7 Å². The lowest BCUT2D eigenvalue weighted by Crippen LogP contribution is -2.59. The molecule has 0 radical (unpaired) electrons. The highest BCUT2D eigenvalue weighted by atomic mass is 28.4. The first kappa shape index (κ1) is 35.2. The van der Waals surface area contributed by atoms with Gasteiger partial charge in [-0.1, -0.05) is 20.8 Å². The number of hydrogen-bond donors (Lipinski definition) is 2. The standard InChI is InChI=1S/C33H54N6O5Si/c1-21-15-26(37-27-18-38(14-11-25(21)27)20-33(12-13-33)31(41)43-8)30(40)36-23(3)22(2)35-28(29(34)42-7)19-39-16-24(17-39)44-45(9,10)32(4,5)6/h15,22-24,34H,11-14,16-20H2,1-10H3,(H,36,40)/b34-29?,35-28-/t22?,23-/m1/s1. The molecule has 2 N–H and O–H groups in total. The van der Waals surface area contributed by atoms with Crippen LogP contribution >= 0.6 is 0 Å². The summed E-state index contributed by atoms with van der Waals surface area (Å²) in [6, 6.07) is 1.27. The zero-order valence-electron chi connectivity index (χ0n) is 29.0. The van der Waals surface area contributed by atoms with Crippen molar-refractivity contribution in [2.24, 2.45) is 10.4 Å². The molecule has 45 heavy (non-hydrogen) atoms. The summed E-state index contributed by atoms with van der Waals surface area (Å²) in [5.74, 6) is -0.353. The zero-order valence-corrected chi connectivity index (χ0v) is 30.0. The van der Waals surface area contributed by atoms with Crippen molar-refractivity contribution < 1.29 is 23.5 Å². The monoisotopic (exact) mass is 642 g/mol. The van der Waals surface area contributed by atoms with E-state index >= 15 is 0 Å². The first-order valence-electron chi connectivity index (χ1n) is 16.2. The van der Waals surface area contributed by atoms with E-state index in [0.29, 0.717) is 31.0 Å². The second-order valence-corrected chi connectivity index (χ2v) is 19.5. The molecule has 4 rings (SSSR count). The van der Waals surface area contributed by atoms with Gasteiger partial charge in [0.15, 0.2) is 8.32 Å². The summed E-state index contributed by atoms with van der Waals surface area (Å²) >= 11 is 0. The van der Waals surface area contributed by atoms with Crippen LogP contribution < -0.4 is 5.32 Å². The second-order valence-electron chi connectivity index (χ2n) is 14.8. The molecule has 1 aromatic heterocycles. The minimum atomic E-state index is -1.84. The van der Waals surface area contributed by atoms with Gasteiger partial charge in [-0.05, 0) is 75.4 Å². The fourth-order valence-corrected chi connectivity index (χ4v) is 7.19. The van der Waals surface area contributed by atoms with Gasteiger partial charge in [-0.25, -0.2) is 4.98 Å². The number of esters is 1. The molecule has 1 saturated carbocycles. The third-order valence-electron chi connectivity index (χ3n) is 10.2. The van der Waals surface area contributed by atoms with E-state index in [1.165, 1.54) is 19.8 Å². The molecule has 3 heterocycles. The van der Waals surface area contributed by atoms with Crippen LogP contribution in [0.25, 0.3) is 0 Å². The number of likely N-dealkylation sites (tertiary alicyclic amines) is 1. The Bertz CT molecular complexity index is 1320. The van der Waals surface area contributed by atoms with Crippen molar-refractivity contribution in [3.63, 3.8) is 0 Å². The summed E-state index contributed by atoms with van der Waals surface area (Å²) in [7, 11) is 1.10. The van der Waals surface area contributed by atoms with Crippen LogP contribution in [0.4, 0.5) is 0 Å². The molecule has 11 nitrogen and oxygen atoms in total. The lowest BCUT2D eigenvalue weighted by Gasteiger charge is -2.46. The number of nitrogens with one attached hydrogen (secondary N) is 2. The quantitative estimate of drug-likeness (QED) is 0.152. The Kier molecular flexibility index (Phi) is 10.6. The summed E-state index contributed by atoms with van der Waals surface area (Å²) in [4.78, 5) is 39.8. The van der Waals surface area contributed by atoms with Crippen molar-refractivity contribution in [1.29, 1.82) is 5.41 Å². The predicted octanol–water partition coefficient (Wildman–Crippen LogP) is 3.98. The smallest absolute Gasteiger partial charge is 0.313 e. The number of aryl methyl sites for hydroxylation is 1. The van der Waals surface area contributed by atoms with Crippen molar-refractivity contribution in [2.75, 3.05) is 46.9 Å². The van der Waals surface area contributed by atoms with Crippen LogP contribution in [0.1, 0.15) is 74.8 Å². The topological polar surface area (TPSA) is 129 Å². The molecule has 250 valence electrons. The molecule has 12 heteroatoms. The number of hydrogen-bond acceptors (Lipinski definition) is 10. The van der Waals surface area contributed by atoms with Gasteiger partial charge >= 0.3 is 5.97 Å². The highest BCUT2D eigenvalue weighted by Gasteiger charge is 2.52. The van der Waals surface area contributed by atoms with E-state index in [1.54, 1.807) is 0 Å². The van der Waals surface area contributed by atoms with Crippen molar-refractivity contribution in [3.8, 4) is 0 Å². The van der Waals surface area contributed by atoms with E-state index in [9.17, 15) is 9.59 Å². The van der Waals surface area contributed by atoms with Gasteiger partial charge in [0.25, 0.3) is 5.91 Å². The number of carbonyl (C=O) groups is 2. The van der Waals surface area contributed by atoms with Gasteiger partial charge in [-0.2, -0.15) is 0 Å². The first-order valence-corrected chi connectivity index (χ1v) is 19.1. The number of fused-ring (bicyclic) bond motifs is 1. The molecule has 1 aliphatic carbocycles. The third kappa shape index (κ3) is 8.19. The number of methoxy groups -OCH3 is 2.